The molecule has 1 saturated carbocycles. The normalized spacial score (nSPS) is 19.4. The fourth-order valence-corrected chi connectivity index (χ4v) is 4.47. The first-order chi connectivity index (χ1) is 16.9. The van der Waals surface area contributed by atoms with Gasteiger partial charge in [-0.15, -0.1) is 6.42 Å². The maximum absolute atomic E-state index is 12.0. The number of fused-ring (bicyclic) bond motifs is 1. The van der Waals surface area contributed by atoms with Crippen LogP contribution in [-0.4, -0.2) is 45.4 Å². The second-order valence-electron chi connectivity index (χ2n) is 8.91. The number of aromatic nitrogens is 3. The number of rotatable bonds is 7. The van der Waals surface area contributed by atoms with Gasteiger partial charge in [0.15, 0.2) is 0 Å². The molecule has 35 heavy (non-hydrogen) atoms. The third kappa shape index (κ3) is 5.47. The summed E-state index contributed by atoms with van der Waals surface area (Å²) in [5.41, 5.74) is 2.68. The summed E-state index contributed by atoms with van der Waals surface area (Å²) in [5, 5.41) is 23.0. The molecule has 9 heteroatoms. The number of pyridine rings is 2. The summed E-state index contributed by atoms with van der Waals surface area (Å²) in [4.78, 5) is 16.6. The number of carbonyl (C=O) groups is 1. The Morgan fingerprint density at radius 2 is 2.14 bits per heavy atom. The van der Waals surface area contributed by atoms with E-state index in [2.05, 4.69) is 44.9 Å². The van der Waals surface area contributed by atoms with Gasteiger partial charge >= 0.3 is 6.03 Å². The average molecular weight is 472 g/mol. The topological polar surface area (TPSA) is 116 Å². The van der Waals surface area contributed by atoms with Gasteiger partial charge in [-0.05, 0) is 57.7 Å². The Labute approximate surface area is 204 Å². The minimum absolute atomic E-state index is 0.216. The van der Waals surface area contributed by atoms with Crippen LogP contribution < -0.4 is 20.7 Å². The van der Waals surface area contributed by atoms with Crippen molar-refractivity contribution < 1.29 is 9.53 Å². The molecule has 0 atom stereocenters. The van der Waals surface area contributed by atoms with Crippen molar-refractivity contribution in [1.29, 1.82) is 5.26 Å². The molecule has 3 aromatic rings. The van der Waals surface area contributed by atoms with Gasteiger partial charge in [0, 0.05) is 28.9 Å². The van der Waals surface area contributed by atoms with E-state index in [4.69, 9.17) is 11.2 Å². The first-order valence-corrected chi connectivity index (χ1v) is 11.7. The van der Waals surface area contributed by atoms with Crippen LogP contribution in [0.4, 0.5) is 10.6 Å². The molecule has 3 aromatic heterocycles. The molecule has 3 N–H and O–H groups in total. The average Bonchev–Trinajstić information content (AvgIpc) is 3.27. The number of nitriles is 1. The number of hydrogen-bond acceptors (Lipinski definition) is 6. The number of urea groups is 1. The summed E-state index contributed by atoms with van der Waals surface area (Å²) in [6.07, 6.45) is 13.9. The van der Waals surface area contributed by atoms with Crippen molar-refractivity contribution >= 4 is 17.4 Å². The molecule has 0 aliphatic heterocycles. The lowest BCUT2D eigenvalue weighted by Crippen LogP contribution is -2.53. The Morgan fingerprint density at radius 3 is 2.80 bits per heavy atom. The van der Waals surface area contributed by atoms with Crippen molar-refractivity contribution in [1.82, 2.24) is 25.2 Å². The molecule has 9 nitrogen and oxygen atoms in total. The quantitative estimate of drug-likeness (QED) is 0.452. The number of anilines is 1. The molecule has 0 bridgehead atoms. The van der Waals surface area contributed by atoms with Gasteiger partial charge < -0.3 is 20.7 Å². The van der Waals surface area contributed by atoms with E-state index >= 15 is 0 Å². The molecule has 0 spiro atoms. The standard InChI is InChI=1S/C26H29N7O2/c1-4-12-28-25(34)32-26(3)10-8-20(9-11-26)31-23-7-6-18(15-29-23)22-13-21(35-5-2)17-33-24(22)19(14-27)16-30-33/h1,6-7,13,15-17,20H,5,8-12H2,2-3H3,(H,29,31)(H2,28,32,34). The zero-order valence-electron chi connectivity index (χ0n) is 20.0. The highest BCUT2D eigenvalue weighted by Gasteiger charge is 2.32. The Bertz CT molecular complexity index is 1280. The summed E-state index contributed by atoms with van der Waals surface area (Å²) in [6.45, 7) is 4.74. The monoisotopic (exact) mass is 471 g/mol. The third-order valence-corrected chi connectivity index (χ3v) is 6.30. The Balaban J connectivity index is 1.44. The van der Waals surface area contributed by atoms with Crippen LogP contribution in [-0.2, 0) is 0 Å². The molecule has 3 heterocycles. The van der Waals surface area contributed by atoms with Crippen LogP contribution in [0.3, 0.4) is 0 Å². The Kier molecular flexibility index (Phi) is 7.07. The van der Waals surface area contributed by atoms with Crippen molar-refractivity contribution in [3.63, 3.8) is 0 Å². The molecule has 1 fully saturated rings. The predicted octanol–water partition coefficient (Wildman–Crippen LogP) is 3.71. The van der Waals surface area contributed by atoms with Gasteiger partial charge in [-0.25, -0.2) is 14.3 Å². The molecule has 2 amide bonds. The van der Waals surface area contributed by atoms with Crippen molar-refractivity contribution in [2.45, 2.75) is 51.1 Å². The van der Waals surface area contributed by atoms with Gasteiger partial charge in [0.2, 0.25) is 0 Å². The maximum Gasteiger partial charge on any atom is 0.315 e. The molecule has 0 radical (unpaired) electrons. The van der Waals surface area contributed by atoms with Crippen molar-refractivity contribution in [3.8, 4) is 35.3 Å². The third-order valence-electron chi connectivity index (χ3n) is 6.30. The van der Waals surface area contributed by atoms with Crippen molar-refractivity contribution in [3.05, 3.63) is 42.4 Å². The van der Waals surface area contributed by atoms with Crippen molar-refractivity contribution in [2.75, 3.05) is 18.5 Å². The summed E-state index contributed by atoms with van der Waals surface area (Å²) < 4.78 is 7.36. The van der Waals surface area contributed by atoms with E-state index in [1.807, 2.05) is 25.1 Å². The number of amides is 2. The maximum atomic E-state index is 12.0. The molecular formula is C26H29N7O2. The van der Waals surface area contributed by atoms with E-state index in [1.165, 1.54) is 0 Å². The second-order valence-corrected chi connectivity index (χ2v) is 8.91. The highest BCUT2D eigenvalue weighted by Crippen LogP contribution is 2.32. The van der Waals surface area contributed by atoms with Gasteiger partial charge in [-0.1, -0.05) is 5.92 Å². The van der Waals surface area contributed by atoms with Gasteiger partial charge in [0.05, 0.1) is 36.6 Å². The molecule has 1 aliphatic carbocycles. The van der Waals surface area contributed by atoms with E-state index in [0.717, 1.165) is 48.1 Å². The zero-order chi connectivity index (χ0) is 24.8. The number of nitrogens with zero attached hydrogens (tertiary/aromatic N) is 4. The number of terminal acetylenes is 1. The molecule has 1 aliphatic rings. The predicted molar refractivity (Wildman–Crippen MR) is 134 cm³/mol. The first-order valence-electron chi connectivity index (χ1n) is 11.7. The van der Waals surface area contributed by atoms with E-state index in [9.17, 15) is 10.1 Å². The van der Waals surface area contributed by atoms with Crippen LogP contribution >= 0.6 is 0 Å². The first kappa shape index (κ1) is 23.9. The number of carbonyl (C=O) groups excluding carboxylic acids is 1. The van der Waals surface area contributed by atoms with Crippen LogP contribution in [0.1, 0.15) is 45.1 Å². The number of ether oxygens (including phenoxy) is 1. The molecule has 180 valence electrons. The van der Waals surface area contributed by atoms with E-state index in [0.29, 0.717) is 17.9 Å². The number of hydrogen-bond donors (Lipinski definition) is 3. The second kappa shape index (κ2) is 10.4. The fraction of sp³-hybridized carbons (Fsp3) is 0.385. The largest absolute Gasteiger partial charge is 0.492 e. The molecule has 0 saturated heterocycles. The SMILES string of the molecule is C#CCNC(=O)NC1(C)CCC(Nc2ccc(-c3cc(OCC)cn4ncc(C#N)c34)cn2)CC1. The fourth-order valence-electron chi connectivity index (χ4n) is 4.47. The molecule has 0 aromatic carbocycles. The van der Waals surface area contributed by atoms with Crippen molar-refractivity contribution in [2.24, 2.45) is 0 Å². The molecule has 0 unspecified atom stereocenters. The van der Waals surface area contributed by atoms with Gasteiger partial charge in [0.25, 0.3) is 0 Å². The van der Waals surface area contributed by atoms with Gasteiger partial charge in [0.1, 0.15) is 17.6 Å². The van der Waals surface area contributed by atoms with Crippen LogP contribution in [0.25, 0.3) is 16.6 Å². The lowest BCUT2D eigenvalue weighted by molar-refractivity contribution is 0.209. The minimum Gasteiger partial charge on any atom is -0.492 e. The highest BCUT2D eigenvalue weighted by molar-refractivity contribution is 5.85. The summed E-state index contributed by atoms with van der Waals surface area (Å²) in [5.74, 6) is 3.87. The highest BCUT2D eigenvalue weighted by atomic mass is 16.5. The Hall–Kier alpha value is -4.24. The van der Waals surface area contributed by atoms with Crippen LogP contribution in [0.5, 0.6) is 5.75 Å². The summed E-state index contributed by atoms with van der Waals surface area (Å²) >= 11 is 0. The zero-order valence-corrected chi connectivity index (χ0v) is 20.0. The van der Waals surface area contributed by atoms with Crippen LogP contribution in [0.15, 0.2) is 36.8 Å². The van der Waals surface area contributed by atoms with E-state index < -0.39 is 0 Å². The van der Waals surface area contributed by atoms with Gasteiger partial charge in [-0.3, -0.25) is 0 Å². The summed E-state index contributed by atoms with van der Waals surface area (Å²) in [6, 6.07) is 8.10. The van der Waals surface area contributed by atoms with Crippen LogP contribution in [0.2, 0.25) is 0 Å². The Morgan fingerprint density at radius 1 is 1.34 bits per heavy atom. The smallest absolute Gasteiger partial charge is 0.315 e. The molecular weight excluding hydrogens is 442 g/mol. The lowest BCUT2D eigenvalue weighted by Gasteiger charge is -2.38. The lowest BCUT2D eigenvalue weighted by atomic mass is 9.81. The molecule has 4 rings (SSSR count). The number of nitrogens with one attached hydrogen (secondary N) is 3. The van der Waals surface area contributed by atoms with E-state index in [-0.39, 0.29) is 24.2 Å². The minimum atomic E-state index is -0.255. The van der Waals surface area contributed by atoms with Crippen LogP contribution in [0, 0.1) is 23.7 Å². The van der Waals surface area contributed by atoms with E-state index in [1.54, 1.807) is 23.1 Å². The van der Waals surface area contributed by atoms with Gasteiger partial charge in [-0.2, -0.15) is 10.4 Å². The summed E-state index contributed by atoms with van der Waals surface area (Å²) in [7, 11) is 0.